The molecule has 0 N–H and O–H groups in total. The molecule has 0 radical (unpaired) electrons. The first-order valence-electron chi connectivity index (χ1n) is 9.31. The second kappa shape index (κ2) is 7.23. The minimum absolute atomic E-state index is 0.252. The van der Waals surface area contributed by atoms with E-state index >= 15 is 0 Å². The molecule has 1 fully saturated rings. The van der Waals surface area contributed by atoms with Crippen LogP contribution in [0.3, 0.4) is 0 Å². The number of rotatable bonds is 3. The van der Waals surface area contributed by atoms with Gasteiger partial charge < -0.3 is 4.90 Å². The van der Waals surface area contributed by atoms with Crippen molar-refractivity contribution in [3.05, 3.63) is 16.8 Å². The molecule has 3 heterocycles. The van der Waals surface area contributed by atoms with E-state index in [9.17, 15) is 4.79 Å². The normalized spacial score (nSPS) is 23.7. The van der Waals surface area contributed by atoms with E-state index in [2.05, 4.69) is 28.7 Å². The predicted octanol–water partition coefficient (Wildman–Crippen LogP) is 4.31. The van der Waals surface area contributed by atoms with Crippen LogP contribution >= 0.6 is 23.1 Å². The lowest BCUT2D eigenvalue weighted by Crippen LogP contribution is -2.42. The molecule has 1 aliphatic heterocycles. The number of piperidine rings is 1. The highest BCUT2D eigenvalue weighted by molar-refractivity contribution is 8.00. The van der Waals surface area contributed by atoms with Crippen molar-refractivity contribution in [3.63, 3.8) is 0 Å². The lowest BCUT2D eigenvalue weighted by molar-refractivity contribution is -0.131. The Kier molecular flexibility index (Phi) is 5.00. The molecular formula is C19H25N3OS2. The fourth-order valence-electron chi connectivity index (χ4n) is 4.04. The van der Waals surface area contributed by atoms with Crippen molar-refractivity contribution in [3.8, 4) is 0 Å². The Morgan fingerprint density at radius 2 is 2.20 bits per heavy atom. The summed E-state index contributed by atoms with van der Waals surface area (Å²) in [4.78, 5) is 26.3. The highest BCUT2D eigenvalue weighted by Crippen LogP contribution is 2.40. The minimum Gasteiger partial charge on any atom is -0.339 e. The van der Waals surface area contributed by atoms with E-state index in [1.807, 2.05) is 11.3 Å². The highest BCUT2D eigenvalue weighted by atomic mass is 32.2. The zero-order valence-corrected chi connectivity index (χ0v) is 16.6. The summed E-state index contributed by atoms with van der Waals surface area (Å²) in [5, 5.41) is 2.22. The van der Waals surface area contributed by atoms with Crippen molar-refractivity contribution in [1.29, 1.82) is 0 Å². The summed E-state index contributed by atoms with van der Waals surface area (Å²) in [5.41, 5.74) is 1.44. The van der Waals surface area contributed by atoms with Crippen LogP contribution in [-0.4, -0.2) is 39.1 Å². The number of aryl methyl sites for hydroxylation is 1. The third kappa shape index (κ3) is 3.43. The number of hydrogen-bond donors (Lipinski definition) is 0. The van der Waals surface area contributed by atoms with Gasteiger partial charge in [0.05, 0.1) is 5.75 Å². The van der Waals surface area contributed by atoms with Crippen LogP contribution in [0, 0.1) is 5.92 Å². The van der Waals surface area contributed by atoms with Crippen LogP contribution in [0.25, 0.3) is 10.2 Å². The Balaban J connectivity index is 1.54. The number of thioether (sulfide) groups is 1. The molecule has 134 valence electrons. The Hall–Kier alpha value is -1.14. The van der Waals surface area contributed by atoms with E-state index < -0.39 is 0 Å². The molecule has 4 rings (SSSR count). The van der Waals surface area contributed by atoms with Gasteiger partial charge in [-0.2, -0.15) is 0 Å². The van der Waals surface area contributed by atoms with Crippen LogP contribution < -0.4 is 0 Å². The van der Waals surface area contributed by atoms with Gasteiger partial charge in [-0.3, -0.25) is 4.79 Å². The molecule has 1 amide bonds. The highest BCUT2D eigenvalue weighted by Gasteiger charge is 2.25. The number of thiophene rings is 1. The minimum atomic E-state index is 0.252. The van der Waals surface area contributed by atoms with Gasteiger partial charge in [0.25, 0.3) is 0 Å². The number of nitrogens with zero attached hydrogens (tertiary/aromatic N) is 3. The molecule has 6 heteroatoms. The molecule has 0 bridgehead atoms. The maximum atomic E-state index is 12.7. The zero-order chi connectivity index (χ0) is 17.4. The molecule has 2 unspecified atom stereocenters. The van der Waals surface area contributed by atoms with E-state index in [0.717, 1.165) is 48.0 Å². The van der Waals surface area contributed by atoms with Crippen LogP contribution in [-0.2, 0) is 17.6 Å². The van der Waals surface area contributed by atoms with Crippen molar-refractivity contribution >= 4 is 39.2 Å². The van der Waals surface area contributed by atoms with Gasteiger partial charge in [-0.15, -0.1) is 11.3 Å². The molecule has 1 aliphatic carbocycles. The first kappa shape index (κ1) is 17.3. The van der Waals surface area contributed by atoms with E-state index in [4.69, 9.17) is 0 Å². The van der Waals surface area contributed by atoms with Crippen LogP contribution in [0.15, 0.2) is 11.4 Å². The topological polar surface area (TPSA) is 46.1 Å². The SMILES string of the molecule is CC1CCc2c(sc3ncnc(SCC(=O)N4CCCCC4C)c23)C1. The predicted molar refractivity (Wildman–Crippen MR) is 104 cm³/mol. The molecule has 2 aliphatic rings. The maximum absolute atomic E-state index is 12.7. The molecule has 0 aromatic carbocycles. The molecule has 25 heavy (non-hydrogen) atoms. The number of aromatic nitrogens is 2. The lowest BCUT2D eigenvalue weighted by Gasteiger charge is -2.33. The molecule has 2 atom stereocenters. The van der Waals surface area contributed by atoms with Crippen molar-refractivity contribution in [1.82, 2.24) is 14.9 Å². The van der Waals surface area contributed by atoms with Crippen molar-refractivity contribution in [2.75, 3.05) is 12.3 Å². The summed E-state index contributed by atoms with van der Waals surface area (Å²) in [6.07, 6.45) is 8.68. The van der Waals surface area contributed by atoms with Gasteiger partial charge in [0.2, 0.25) is 5.91 Å². The molecule has 1 saturated heterocycles. The Bertz CT molecular complexity index is 788. The number of likely N-dealkylation sites (tertiary alicyclic amines) is 1. The first-order valence-corrected chi connectivity index (χ1v) is 11.1. The second-order valence-corrected chi connectivity index (χ2v) is 9.48. The molecule has 2 aromatic heterocycles. The van der Waals surface area contributed by atoms with Gasteiger partial charge in [-0.1, -0.05) is 18.7 Å². The van der Waals surface area contributed by atoms with Crippen molar-refractivity contribution in [2.24, 2.45) is 5.92 Å². The van der Waals surface area contributed by atoms with E-state index in [1.54, 1.807) is 18.1 Å². The average molecular weight is 376 g/mol. The van der Waals surface area contributed by atoms with Crippen molar-refractivity contribution in [2.45, 2.75) is 63.4 Å². The quantitative estimate of drug-likeness (QED) is 0.592. The summed E-state index contributed by atoms with van der Waals surface area (Å²) in [6.45, 7) is 5.40. The summed E-state index contributed by atoms with van der Waals surface area (Å²) in [5.74, 6) is 1.49. The monoisotopic (exact) mass is 375 g/mol. The van der Waals surface area contributed by atoms with Gasteiger partial charge >= 0.3 is 0 Å². The van der Waals surface area contributed by atoms with Crippen LogP contribution in [0.2, 0.25) is 0 Å². The third-order valence-electron chi connectivity index (χ3n) is 5.51. The smallest absolute Gasteiger partial charge is 0.233 e. The summed E-state index contributed by atoms with van der Waals surface area (Å²) >= 11 is 3.42. The van der Waals surface area contributed by atoms with Crippen LogP contribution in [0.1, 0.15) is 50.0 Å². The van der Waals surface area contributed by atoms with E-state index in [0.29, 0.717) is 11.8 Å². The first-order chi connectivity index (χ1) is 12.1. The largest absolute Gasteiger partial charge is 0.339 e. The van der Waals surface area contributed by atoms with Gasteiger partial charge in [0.1, 0.15) is 16.2 Å². The summed E-state index contributed by atoms with van der Waals surface area (Å²) in [7, 11) is 0. The fraction of sp³-hybridized carbons (Fsp3) is 0.632. The van der Waals surface area contributed by atoms with E-state index in [-0.39, 0.29) is 5.91 Å². The van der Waals surface area contributed by atoms with Gasteiger partial charge in [-0.25, -0.2) is 9.97 Å². The summed E-state index contributed by atoms with van der Waals surface area (Å²) in [6, 6.07) is 0.377. The molecule has 4 nitrogen and oxygen atoms in total. The summed E-state index contributed by atoms with van der Waals surface area (Å²) < 4.78 is 0. The van der Waals surface area contributed by atoms with E-state index in [1.165, 1.54) is 28.7 Å². The van der Waals surface area contributed by atoms with Gasteiger partial charge in [-0.05, 0) is 56.9 Å². The molecular weight excluding hydrogens is 350 g/mol. The Morgan fingerprint density at radius 3 is 3.04 bits per heavy atom. The standard InChI is InChI=1S/C19H25N3OS2/c1-12-6-7-14-15(9-12)25-19-17(14)18(20-11-21-19)24-10-16(23)22-8-4-3-5-13(22)2/h11-13H,3-10H2,1-2H3. The third-order valence-corrected chi connectivity index (χ3v) is 7.65. The number of hydrogen-bond acceptors (Lipinski definition) is 5. The maximum Gasteiger partial charge on any atom is 0.233 e. The Morgan fingerprint density at radius 1 is 1.32 bits per heavy atom. The molecule has 0 saturated carbocycles. The van der Waals surface area contributed by atoms with Gasteiger partial charge in [0.15, 0.2) is 0 Å². The molecule has 0 spiro atoms. The lowest BCUT2D eigenvalue weighted by atomic mass is 9.89. The molecule has 2 aromatic rings. The van der Waals surface area contributed by atoms with Gasteiger partial charge in [0, 0.05) is 22.8 Å². The Labute approximate surface area is 157 Å². The van der Waals surface area contributed by atoms with Crippen molar-refractivity contribution < 1.29 is 4.79 Å². The zero-order valence-electron chi connectivity index (χ0n) is 15.0. The average Bonchev–Trinajstić information content (AvgIpc) is 2.98. The number of fused-ring (bicyclic) bond motifs is 3. The number of carbonyl (C=O) groups is 1. The van der Waals surface area contributed by atoms with Crippen LogP contribution in [0.4, 0.5) is 0 Å². The fourth-order valence-corrected chi connectivity index (χ4v) is 6.36. The van der Waals surface area contributed by atoms with Crippen LogP contribution in [0.5, 0.6) is 0 Å². The number of carbonyl (C=O) groups excluding carboxylic acids is 1. The number of amides is 1. The second-order valence-electron chi connectivity index (χ2n) is 7.43.